The molecular formula is C69H137NO5. The van der Waals surface area contributed by atoms with Crippen LogP contribution in [0.1, 0.15) is 406 Å². The SMILES string of the molecule is CCCCCCCCCCCCCCCCCCCCC(O)C(CO)NC(=O)CCCCCCCCCCCCCCCCCCCCCCCCCCCOC(=O)CCCCCCCCCCCCCCCCC. The zero-order valence-corrected chi connectivity index (χ0v) is 51.3. The van der Waals surface area contributed by atoms with Gasteiger partial charge in [0.25, 0.3) is 0 Å². The van der Waals surface area contributed by atoms with Gasteiger partial charge in [0, 0.05) is 12.8 Å². The van der Waals surface area contributed by atoms with Gasteiger partial charge in [0.1, 0.15) is 0 Å². The summed E-state index contributed by atoms with van der Waals surface area (Å²) < 4.78 is 5.50. The van der Waals surface area contributed by atoms with Gasteiger partial charge in [0.15, 0.2) is 0 Å². The van der Waals surface area contributed by atoms with E-state index in [1.165, 1.54) is 334 Å². The molecule has 1 amide bonds. The highest BCUT2D eigenvalue weighted by atomic mass is 16.5. The van der Waals surface area contributed by atoms with Crippen LogP contribution in [0.4, 0.5) is 0 Å². The van der Waals surface area contributed by atoms with E-state index in [1.807, 2.05) is 0 Å². The smallest absolute Gasteiger partial charge is 0.305 e. The first-order valence-electron chi connectivity index (χ1n) is 34.8. The number of aliphatic hydroxyl groups excluding tert-OH is 2. The molecule has 2 unspecified atom stereocenters. The lowest BCUT2D eigenvalue weighted by Gasteiger charge is -2.22. The van der Waals surface area contributed by atoms with Gasteiger partial charge < -0.3 is 20.3 Å². The monoisotopic (exact) mass is 1060 g/mol. The van der Waals surface area contributed by atoms with Crippen molar-refractivity contribution in [3.63, 3.8) is 0 Å². The fraction of sp³-hybridized carbons (Fsp3) is 0.971. The molecule has 0 fully saturated rings. The number of unbranched alkanes of at least 4 members (excludes halogenated alkanes) is 55. The summed E-state index contributed by atoms with van der Waals surface area (Å²) in [6.45, 7) is 5.00. The van der Waals surface area contributed by atoms with E-state index in [-0.39, 0.29) is 18.5 Å². The highest BCUT2D eigenvalue weighted by Gasteiger charge is 2.20. The Hall–Kier alpha value is -1.14. The number of ether oxygens (including phenoxy) is 1. The Morgan fingerprint density at radius 2 is 0.547 bits per heavy atom. The molecule has 0 bridgehead atoms. The Kier molecular flexibility index (Phi) is 64.4. The average molecular weight is 1060 g/mol. The third kappa shape index (κ3) is 61.9. The second-order valence-electron chi connectivity index (χ2n) is 24.2. The van der Waals surface area contributed by atoms with Crippen molar-refractivity contribution < 1.29 is 24.5 Å². The van der Waals surface area contributed by atoms with Crippen molar-refractivity contribution in [2.24, 2.45) is 0 Å². The van der Waals surface area contributed by atoms with E-state index < -0.39 is 12.1 Å². The minimum Gasteiger partial charge on any atom is -0.466 e. The van der Waals surface area contributed by atoms with Gasteiger partial charge in [-0.15, -0.1) is 0 Å². The number of carbonyl (C=O) groups is 2. The topological polar surface area (TPSA) is 95.9 Å². The number of nitrogens with one attached hydrogen (secondary N) is 1. The summed E-state index contributed by atoms with van der Waals surface area (Å²) in [6.07, 6.45) is 78.6. The third-order valence-electron chi connectivity index (χ3n) is 16.7. The minimum atomic E-state index is -0.662. The van der Waals surface area contributed by atoms with Crippen molar-refractivity contribution in [3.8, 4) is 0 Å². The van der Waals surface area contributed by atoms with Gasteiger partial charge in [-0.2, -0.15) is 0 Å². The fourth-order valence-electron chi connectivity index (χ4n) is 11.4. The minimum absolute atomic E-state index is 0.0207. The molecule has 448 valence electrons. The lowest BCUT2D eigenvalue weighted by molar-refractivity contribution is -0.143. The average Bonchev–Trinajstić information content (AvgIpc) is 3.41. The molecule has 0 rings (SSSR count). The van der Waals surface area contributed by atoms with E-state index in [0.29, 0.717) is 25.9 Å². The number of rotatable bonds is 66. The molecule has 75 heavy (non-hydrogen) atoms. The van der Waals surface area contributed by atoms with Crippen LogP contribution in [0.3, 0.4) is 0 Å². The molecular weight excluding hydrogens is 923 g/mol. The second-order valence-corrected chi connectivity index (χ2v) is 24.2. The van der Waals surface area contributed by atoms with Gasteiger partial charge in [-0.05, 0) is 25.7 Å². The van der Waals surface area contributed by atoms with Crippen LogP contribution in [-0.2, 0) is 14.3 Å². The van der Waals surface area contributed by atoms with E-state index >= 15 is 0 Å². The van der Waals surface area contributed by atoms with Gasteiger partial charge in [0.05, 0.1) is 25.4 Å². The zero-order valence-electron chi connectivity index (χ0n) is 51.3. The molecule has 0 saturated carbocycles. The molecule has 0 aliphatic rings. The number of amides is 1. The molecule has 0 saturated heterocycles. The van der Waals surface area contributed by atoms with E-state index in [1.54, 1.807) is 0 Å². The molecule has 0 radical (unpaired) electrons. The highest BCUT2D eigenvalue weighted by molar-refractivity contribution is 5.76. The first-order chi connectivity index (χ1) is 37.0. The van der Waals surface area contributed by atoms with Crippen molar-refractivity contribution in [1.29, 1.82) is 0 Å². The predicted molar refractivity (Wildman–Crippen MR) is 329 cm³/mol. The van der Waals surface area contributed by atoms with Gasteiger partial charge in [-0.1, -0.05) is 367 Å². The first kappa shape index (κ1) is 73.9. The molecule has 0 aliphatic heterocycles. The van der Waals surface area contributed by atoms with E-state index in [0.717, 1.165) is 38.5 Å². The Labute approximate surface area is 470 Å². The van der Waals surface area contributed by atoms with E-state index in [9.17, 15) is 19.8 Å². The summed E-state index contributed by atoms with van der Waals surface area (Å²) in [5.41, 5.74) is 0. The van der Waals surface area contributed by atoms with Gasteiger partial charge in [-0.3, -0.25) is 9.59 Å². The Morgan fingerprint density at radius 1 is 0.320 bits per heavy atom. The number of esters is 1. The predicted octanol–water partition coefficient (Wildman–Crippen LogP) is 22.2. The van der Waals surface area contributed by atoms with Crippen LogP contribution >= 0.6 is 0 Å². The van der Waals surface area contributed by atoms with Crippen LogP contribution < -0.4 is 5.32 Å². The van der Waals surface area contributed by atoms with Gasteiger partial charge >= 0.3 is 5.97 Å². The van der Waals surface area contributed by atoms with Crippen LogP contribution in [0.5, 0.6) is 0 Å². The van der Waals surface area contributed by atoms with E-state index in [2.05, 4.69) is 19.2 Å². The van der Waals surface area contributed by atoms with E-state index in [4.69, 9.17) is 4.74 Å². The molecule has 6 nitrogen and oxygen atoms in total. The van der Waals surface area contributed by atoms with Crippen LogP contribution in [0.15, 0.2) is 0 Å². The highest BCUT2D eigenvalue weighted by Crippen LogP contribution is 2.19. The summed E-state index contributed by atoms with van der Waals surface area (Å²) in [5.74, 6) is -0.00786. The normalized spacial score (nSPS) is 12.4. The summed E-state index contributed by atoms with van der Waals surface area (Å²) in [7, 11) is 0. The molecule has 0 aromatic rings. The summed E-state index contributed by atoms with van der Waals surface area (Å²) in [6, 6.07) is -0.539. The van der Waals surface area contributed by atoms with Gasteiger partial charge in [0.2, 0.25) is 5.91 Å². The summed E-state index contributed by atoms with van der Waals surface area (Å²) >= 11 is 0. The Balaban J connectivity index is 3.34. The van der Waals surface area contributed by atoms with Crippen LogP contribution in [-0.4, -0.2) is 47.4 Å². The van der Waals surface area contributed by atoms with Crippen molar-refractivity contribution in [1.82, 2.24) is 5.32 Å². The molecule has 2 atom stereocenters. The van der Waals surface area contributed by atoms with Crippen LogP contribution in [0.2, 0.25) is 0 Å². The quantitative estimate of drug-likeness (QED) is 0.0417. The third-order valence-corrected chi connectivity index (χ3v) is 16.7. The molecule has 6 heteroatoms. The van der Waals surface area contributed by atoms with Gasteiger partial charge in [-0.25, -0.2) is 0 Å². The largest absolute Gasteiger partial charge is 0.466 e. The fourth-order valence-corrected chi connectivity index (χ4v) is 11.4. The number of aliphatic hydroxyl groups is 2. The molecule has 3 N–H and O–H groups in total. The van der Waals surface area contributed by atoms with Crippen LogP contribution in [0, 0.1) is 0 Å². The number of hydrogen-bond donors (Lipinski definition) is 3. The zero-order chi connectivity index (χ0) is 54.3. The maximum Gasteiger partial charge on any atom is 0.305 e. The Bertz CT molecular complexity index is 1080. The molecule has 0 aromatic heterocycles. The number of carbonyl (C=O) groups excluding carboxylic acids is 2. The second kappa shape index (κ2) is 65.4. The van der Waals surface area contributed by atoms with Crippen LogP contribution in [0.25, 0.3) is 0 Å². The van der Waals surface area contributed by atoms with Crippen molar-refractivity contribution in [2.75, 3.05) is 13.2 Å². The number of hydrogen-bond acceptors (Lipinski definition) is 5. The lowest BCUT2D eigenvalue weighted by atomic mass is 10.0. The maximum atomic E-state index is 12.5. The van der Waals surface area contributed by atoms with Crippen molar-refractivity contribution >= 4 is 11.9 Å². The molecule has 0 spiro atoms. The van der Waals surface area contributed by atoms with Crippen molar-refractivity contribution in [3.05, 3.63) is 0 Å². The molecule has 0 aromatic carbocycles. The molecule has 0 aliphatic carbocycles. The molecule has 0 heterocycles. The first-order valence-corrected chi connectivity index (χ1v) is 34.8. The summed E-state index contributed by atoms with van der Waals surface area (Å²) in [4.78, 5) is 24.6. The standard InChI is InChI=1S/C69H137NO5/c1-3-5-7-9-11-13-15-17-19-20-30-34-37-41-45-49-53-57-61-67(72)66(65-71)70-68(73)62-58-54-50-46-42-38-35-31-28-26-24-22-21-23-25-27-29-32-36-40-44-48-52-56-60-64-75-69(74)63-59-55-51-47-43-39-33-18-16-14-12-10-8-6-4-2/h66-67,71-72H,3-65H2,1-2H3,(H,70,73). The maximum absolute atomic E-state index is 12.5. The Morgan fingerprint density at radius 3 is 0.813 bits per heavy atom. The lowest BCUT2D eigenvalue weighted by Crippen LogP contribution is -2.45. The van der Waals surface area contributed by atoms with Crippen molar-refractivity contribution in [2.45, 2.75) is 418 Å². The summed E-state index contributed by atoms with van der Waals surface area (Å²) in [5, 5.41) is 23.4.